The molecule has 0 unspecified atom stereocenters. The fourth-order valence-electron chi connectivity index (χ4n) is 2.47. The third-order valence-corrected chi connectivity index (χ3v) is 6.28. The van der Waals surface area contributed by atoms with Gasteiger partial charge >= 0.3 is 6.18 Å². The highest BCUT2D eigenvalue weighted by Crippen LogP contribution is 2.33. The van der Waals surface area contributed by atoms with Crippen LogP contribution in [0.5, 0.6) is 0 Å². The summed E-state index contributed by atoms with van der Waals surface area (Å²) in [5.74, 6) is 0. The minimum Gasteiger partial charge on any atom is -0.330 e. The summed E-state index contributed by atoms with van der Waals surface area (Å²) in [7, 11) is -4.13. The maximum absolute atomic E-state index is 12.9. The average molecular weight is 374 g/mol. The van der Waals surface area contributed by atoms with Crippen LogP contribution in [0.3, 0.4) is 0 Å². The lowest BCUT2D eigenvalue weighted by molar-refractivity contribution is -0.137. The zero-order valence-electron chi connectivity index (χ0n) is 12.2. The lowest BCUT2D eigenvalue weighted by Crippen LogP contribution is -2.13. The van der Waals surface area contributed by atoms with E-state index >= 15 is 0 Å². The average Bonchev–Trinajstić information content (AvgIpc) is 3.10. The number of hydrogen-bond acceptors (Lipinski definition) is 4. The Bertz CT molecular complexity index is 988. The number of alkyl halides is 3. The fourth-order valence-corrected chi connectivity index (χ4v) is 5.04. The van der Waals surface area contributed by atoms with Gasteiger partial charge in [0.15, 0.2) is 0 Å². The van der Waals surface area contributed by atoms with E-state index in [1.807, 2.05) is 0 Å². The van der Waals surface area contributed by atoms with Gasteiger partial charge in [-0.25, -0.2) is 12.4 Å². The monoisotopic (exact) mass is 374 g/mol. The third kappa shape index (κ3) is 2.83. The van der Waals surface area contributed by atoms with Crippen LogP contribution in [-0.4, -0.2) is 18.9 Å². The molecule has 128 valence electrons. The number of aromatic nitrogens is 1. The van der Waals surface area contributed by atoms with Crippen LogP contribution in [0.15, 0.2) is 46.8 Å². The normalized spacial score (nSPS) is 12.8. The van der Waals surface area contributed by atoms with Gasteiger partial charge in [-0.15, -0.1) is 11.3 Å². The Labute approximate surface area is 140 Å². The van der Waals surface area contributed by atoms with Crippen molar-refractivity contribution in [3.8, 4) is 0 Å². The lowest BCUT2D eigenvalue weighted by Gasteiger charge is -2.10. The first-order valence-corrected chi connectivity index (χ1v) is 9.27. The van der Waals surface area contributed by atoms with Crippen LogP contribution >= 0.6 is 11.3 Å². The van der Waals surface area contributed by atoms with Crippen LogP contribution in [0.4, 0.5) is 13.2 Å². The summed E-state index contributed by atoms with van der Waals surface area (Å²) in [5.41, 5.74) is 5.29. The van der Waals surface area contributed by atoms with Gasteiger partial charge < -0.3 is 5.73 Å². The van der Waals surface area contributed by atoms with Crippen molar-refractivity contribution in [1.29, 1.82) is 0 Å². The van der Waals surface area contributed by atoms with Gasteiger partial charge in [-0.3, -0.25) is 0 Å². The molecule has 9 heteroatoms. The molecule has 2 heterocycles. The van der Waals surface area contributed by atoms with Gasteiger partial charge in [0.2, 0.25) is 0 Å². The van der Waals surface area contributed by atoms with Gasteiger partial charge in [0, 0.05) is 11.6 Å². The zero-order valence-corrected chi connectivity index (χ0v) is 13.9. The van der Waals surface area contributed by atoms with E-state index in [0.717, 1.165) is 33.1 Å². The van der Waals surface area contributed by atoms with E-state index in [9.17, 15) is 21.6 Å². The molecule has 0 aliphatic carbocycles. The predicted octanol–water partition coefficient (Wildman–Crippen LogP) is 3.46. The Morgan fingerprint density at radius 2 is 1.96 bits per heavy atom. The molecule has 4 nitrogen and oxygen atoms in total. The maximum atomic E-state index is 12.9. The smallest absolute Gasteiger partial charge is 0.330 e. The van der Waals surface area contributed by atoms with Crippen molar-refractivity contribution < 1.29 is 21.6 Å². The molecule has 0 aliphatic rings. The van der Waals surface area contributed by atoms with E-state index in [1.165, 1.54) is 17.5 Å². The van der Waals surface area contributed by atoms with E-state index in [2.05, 4.69) is 0 Å². The maximum Gasteiger partial charge on any atom is 0.416 e. The van der Waals surface area contributed by atoms with Crippen molar-refractivity contribution in [1.82, 2.24) is 3.97 Å². The van der Waals surface area contributed by atoms with E-state index in [4.69, 9.17) is 5.73 Å². The van der Waals surface area contributed by atoms with Crippen molar-refractivity contribution in [2.24, 2.45) is 5.73 Å². The molecule has 0 radical (unpaired) electrons. The van der Waals surface area contributed by atoms with Crippen molar-refractivity contribution in [2.45, 2.75) is 17.5 Å². The lowest BCUT2D eigenvalue weighted by atomic mass is 10.2. The number of rotatable bonds is 4. The highest BCUT2D eigenvalue weighted by atomic mass is 32.2. The van der Waals surface area contributed by atoms with E-state index < -0.39 is 26.7 Å². The molecule has 0 aliphatic heterocycles. The van der Waals surface area contributed by atoms with Crippen LogP contribution in [0.1, 0.15) is 11.1 Å². The minimum absolute atomic E-state index is 0.346. The molecule has 0 amide bonds. The number of nitrogens with two attached hydrogens (primary N) is 1. The van der Waals surface area contributed by atoms with Crippen LogP contribution in [-0.2, 0) is 22.6 Å². The molecule has 0 fully saturated rings. The first-order chi connectivity index (χ1) is 11.2. The minimum atomic E-state index is -4.61. The topological polar surface area (TPSA) is 65.1 Å². The number of nitrogens with zero attached hydrogens (tertiary/aromatic N) is 1. The SMILES string of the molecule is NCCc1cn(S(=O)(=O)c2cccc(C(F)(F)F)c2)c2sccc12. The molecule has 0 bridgehead atoms. The van der Waals surface area contributed by atoms with Gasteiger partial charge in [0.05, 0.1) is 10.5 Å². The van der Waals surface area contributed by atoms with Crippen LogP contribution < -0.4 is 5.73 Å². The highest BCUT2D eigenvalue weighted by Gasteiger charge is 2.32. The van der Waals surface area contributed by atoms with Crippen LogP contribution in [0, 0.1) is 0 Å². The molecule has 24 heavy (non-hydrogen) atoms. The third-order valence-electron chi connectivity index (χ3n) is 3.60. The zero-order chi connectivity index (χ0) is 17.5. The van der Waals surface area contributed by atoms with Crippen LogP contribution in [0.25, 0.3) is 10.2 Å². The van der Waals surface area contributed by atoms with Crippen molar-refractivity contribution in [3.05, 3.63) is 53.0 Å². The number of hydrogen-bond donors (Lipinski definition) is 1. The summed E-state index contributed by atoms with van der Waals surface area (Å²) in [6.07, 6.45) is -2.69. The first-order valence-electron chi connectivity index (χ1n) is 6.95. The van der Waals surface area contributed by atoms with Gasteiger partial charge in [0.1, 0.15) is 4.83 Å². The molecule has 2 N–H and O–H groups in total. The second-order valence-electron chi connectivity index (χ2n) is 5.16. The number of halogens is 3. The summed E-state index contributed by atoms with van der Waals surface area (Å²) in [4.78, 5) is 0.0674. The first kappa shape index (κ1) is 17.0. The molecule has 0 spiro atoms. The molecule has 3 aromatic rings. The molecule has 2 aromatic heterocycles. The van der Waals surface area contributed by atoms with Gasteiger partial charge in [-0.2, -0.15) is 13.2 Å². The molecular weight excluding hydrogens is 361 g/mol. The van der Waals surface area contributed by atoms with Crippen LogP contribution in [0.2, 0.25) is 0 Å². The van der Waals surface area contributed by atoms with Gasteiger partial charge in [0.25, 0.3) is 10.0 Å². The van der Waals surface area contributed by atoms with Gasteiger partial charge in [-0.05, 0) is 48.2 Å². The Kier molecular flexibility index (Phi) is 4.18. The molecule has 1 aromatic carbocycles. The van der Waals surface area contributed by atoms with E-state index in [0.29, 0.717) is 23.9 Å². The van der Waals surface area contributed by atoms with Gasteiger partial charge in [-0.1, -0.05) is 6.07 Å². The number of fused-ring (bicyclic) bond motifs is 1. The largest absolute Gasteiger partial charge is 0.416 e. The predicted molar refractivity (Wildman–Crippen MR) is 86.6 cm³/mol. The second kappa shape index (κ2) is 5.91. The summed E-state index contributed by atoms with van der Waals surface area (Å²) in [5, 5.41) is 2.49. The second-order valence-corrected chi connectivity index (χ2v) is 7.87. The van der Waals surface area contributed by atoms with Crippen molar-refractivity contribution >= 4 is 31.6 Å². The highest BCUT2D eigenvalue weighted by molar-refractivity contribution is 7.90. The molecule has 0 atom stereocenters. The summed E-state index contributed by atoms with van der Waals surface area (Å²) < 4.78 is 65.2. The number of benzene rings is 1. The molecule has 3 rings (SSSR count). The molecule has 0 saturated heterocycles. The fraction of sp³-hybridized carbons (Fsp3) is 0.200. The Hall–Kier alpha value is -1.84. The Morgan fingerprint density at radius 3 is 2.62 bits per heavy atom. The quantitative estimate of drug-likeness (QED) is 0.761. The summed E-state index contributed by atoms with van der Waals surface area (Å²) in [6, 6.07) is 5.52. The van der Waals surface area contributed by atoms with E-state index in [-0.39, 0.29) is 0 Å². The van der Waals surface area contributed by atoms with E-state index in [1.54, 1.807) is 11.4 Å². The molecular formula is C15H13F3N2O2S2. The summed E-state index contributed by atoms with van der Waals surface area (Å²) >= 11 is 1.21. The Morgan fingerprint density at radius 1 is 1.21 bits per heavy atom. The standard InChI is InChI=1S/C15H13F3N2O2S2/c16-15(17,18)11-2-1-3-12(8-11)24(21,22)20-9-10(4-6-19)13-5-7-23-14(13)20/h1-3,5,7-9H,4,6,19H2. The number of thiophene rings is 1. The molecule has 0 saturated carbocycles. The summed E-state index contributed by atoms with van der Waals surface area (Å²) in [6.45, 7) is 0.346. The van der Waals surface area contributed by atoms with Crippen molar-refractivity contribution in [2.75, 3.05) is 6.54 Å². The van der Waals surface area contributed by atoms with Crippen molar-refractivity contribution in [3.63, 3.8) is 0 Å². The Balaban J connectivity index is 2.17.